The molecule has 1 saturated carbocycles. The van der Waals surface area contributed by atoms with Gasteiger partial charge in [-0.15, -0.1) is 0 Å². The van der Waals surface area contributed by atoms with Crippen molar-refractivity contribution >= 4 is 28.3 Å². The van der Waals surface area contributed by atoms with Crippen LogP contribution in [0.25, 0.3) is 10.9 Å². The monoisotopic (exact) mass is 477 g/mol. The number of nitrogens with zero attached hydrogens (tertiary/aromatic N) is 6. The number of rotatable bonds is 5. The number of hydrogen-bond donors (Lipinski definition) is 1. The third-order valence-corrected chi connectivity index (χ3v) is 6.70. The van der Waals surface area contributed by atoms with E-state index in [9.17, 15) is 10.1 Å². The summed E-state index contributed by atoms with van der Waals surface area (Å²) in [6.07, 6.45) is 5.36. The molecular formula is C27H23N7O2. The first-order valence-electron chi connectivity index (χ1n) is 11.8. The molecule has 0 radical (unpaired) electrons. The molecule has 0 unspecified atom stereocenters. The number of carbonyl (C=O) groups is 1. The average Bonchev–Trinajstić information content (AvgIpc) is 3.62. The van der Waals surface area contributed by atoms with Crippen molar-refractivity contribution in [3.63, 3.8) is 0 Å². The molecule has 1 amide bonds. The molecule has 4 aromatic rings. The summed E-state index contributed by atoms with van der Waals surface area (Å²) in [5.41, 5.74) is 11.7. The quantitative estimate of drug-likeness (QED) is 0.457. The van der Waals surface area contributed by atoms with Gasteiger partial charge in [-0.2, -0.15) is 5.26 Å². The second-order valence-corrected chi connectivity index (χ2v) is 9.21. The van der Waals surface area contributed by atoms with Crippen molar-refractivity contribution in [2.75, 3.05) is 10.6 Å². The smallest absolute Gasteiger partial charge is 0.261 e. The van der Waals surface area contributed by atoms with Crippen molar-refractivity contribution in [3.8, 4) is 6.07 Å². The van der Waals surface area contributed by atoms with E-state index in [0.717, 1.165) is 46.3 Å². The predicted molar refractivity (Wildman–Crippen MR) is 133 cm³/mol. The molecule has 0 saturated heterocycles. The topological polar surface area (TPSA) is 131 Å². The van der Waals surface area contributed by atoms with Gasteiger partial charge in [-0.1, -0.05) is 12.1 Å². The third kappa shape index (κ3) is 3.91. The first-order chi connectivity index (χ1) is 17.5. The van der Waals surface area contributed by atoms with Gasteiger partial charge in [0.15, 0.2) is 0 Å². The Balaban J connectivity index is 1.39. The minimum absolute atomic E-state index is 0.248. The standard InChI is InChI=1S/C27H23N7O2/c1-15-24(7-5-19(9-28)32-15)34(27(35)18-10-30-26(31-11-18)17-3-4-17)12-16-2-6-20-21-13-36-14-22(21)25(29)33-23(20)8-16/h2,5-8,10-11,17H,3-4,12-14H2,1H3,(H2,29,33). The molecule has 6 rings (SSSR count). The van der Waals surface area contributed by atoms with Crippen molar-refractivity contribution < 1.29 is 9.53 Å². The highest BCUT2D eigenvalue weighted by atomic mass is 16.5. The van der Waals surface area contributed by atoms with Gasteiger partial charge < -0.3 is 15.4 Å². The number of nitrogen functional groups attached to an aromatic ring is 1. The van der Waals surface area contributed by atoms with Crippen LogP contribution in [0.2, 0.25) is 0 Å². The number of aryl methyl sites for hydroxylation is 1. The zero-order chi connectivity index (χ0) is 24.8. The van der Waals surface area contributed by atoms with Crippen molar-refractivity contribution in [2.24, 2.45) is 0 Å². The fourth-order valence-electron chi connectivity index (χ4n) is 4.63. The number of anilines is 2. The molecule has 4 heterocycles. The van der Waals surface area contributed by atoms with Gasteiger partial charge in [-0.25, -0.2) is 19.9 Å². The van der Waals surface area contributed by atoms with Crippen molar-refractivity contribution in [1.29, 1.82) is 5.26 Å². The first kappa shape index (κ1) is 22.1. The number of pyridine rings is 2. The van der Waals surface area contributed by atoms with Crippen LogP contribution in [-0.4, -0.2) is 25.8 Å². The van der Waals surface area contributed by atoms with Crippen LogP contribution in [-0.2, 0) is 24.5 Å². The SMILES string of the molecule is Cc1nc(C#N)ccc1N(Cc1ccc2c3c(c(N)nc2c1)COC3)C(=O)c1cnc(C2CC2)nc1. The van der Waals surface area contributed by atoms with Crippen molar-refractivity contribution in [2.45, 2.75) is 45.4 Å². The lowest BCUT2D eigenvalue weighted by Crippen LogP contribution is -2.31. The maximum atomic E-state index is 13.7. The van der Waals surface area contributed by atoms with Crippen molar-refractivity contribution in [3.05, 3.63) is 82.2 Å². The van der Waals surface area contributed by atoms with E-state index < -0.39 is 0 Å². The molecule has 1 aromatic carbocycles. The van der Waals surface area contributed by atoms with Crippen LogP contribution in [0.4, 0.5) is 11.5 Å². The highest BCUT2D eigenvalue weighted by molar-refractivity contribution is 6.06. The summed E-state index contributed by atoms with van der Waals surface area (Å²) >= 11 is 0. The Morgan fingerprint density at radius 2 is 1.92 bits per heavy atom. The number of nitrogens with two attached hydrogens (primary N) is 1. The van der Waals surface area contributed by atoms with Crippen molar-refractivity contribution in [1.82, 2.24) is 19.9 Å². The van der Waals surface area contributed by atoms with Gasteiger partial charge in [-0.3, -0.25) is 4.79 Å². The molecule has 0 bridgehead atoms. The van der Waals surface area contributed by atoms with Crippen LogP contribution in [0.15, 0.2) is 42.7 Å². The highest BCUT2D eigenvalue weighted by Crippen LogP contribution is 2.37. The van der Waals surface area contributed by atoms with E-state index in [1.807, 2.05) is 24.3 Å². The second kappa shape index (κ2) is 8.66. The Kier molecular flexibility index (Phi) is 5.31. The molecule has 9 heteroatoms. The fraction of sp³-hybridized carbons (Fsp3) is 0.259. The average molecular weight is 478 g/mol. The van der Waals surface area contributed by atoms with Gasteiger partial charge in [0.25, 0.3) is 5.91 Å². The number of carbonyl (C=O) groups excluding carboxylic acids is 1. The number of nitriles is 1. The number of aromatic nitrogens is 4. The second-order valence-electron chi connectivity index (χ2n) is 9.21. The summed E-state index contributed by atoms with van der Waals surface area (Å²) in [6.45, 7) is 3.04. The van der Waals surface area contributed by atoms with E-state index in [4.69, 9.17) is 10.5 Å². The van der Waals surface area contributed by atoms with Crippen LogP contribution in [0.5, 0.6) is 0 Å². The van der Waals surface area contributed by atoms with Gasteiger partial charge in [0, 0.05) is 29.3 Å². The zero-order valence-corrected chi connectivity index (χ0v) is 19.7. The summed E-state index contributed by atoms with van der Waals surface area (Å²) in [5, 5.41) is 10.2. The molecule has 1 fully saturated rings. The molecule has 1 aliphatic carbocycles. The normalized spacial score (nSPS) is 14.4. The van der Waals surface area contributed by atoms with E-state index in [1.165, 1.54) is 0 Å². The minimum atomic E-state index is -0.248. The van der Waals surface area contributed by atoms with Gasteiger partial charge in [0.2, 0.25) is 0 Å². The van der Waals surface area contributed by atoms with Gasteiger partial charge in [-0.05, 0) is 49.1 Å². The van der Waals surface area contributed by atoms with E-state index >= 15 is 0 Å². The van der Waals surface area contributed by atoms with Crippen LogP contribution in [0, 0.1) is 18.3 Å². The minimum Gasteiger partial charge on any atom is -0.383 e. The molecule has 2 N–H and O–H groups in total. The Hall–Kier alpha value is -4.42. The lowest BCUT2D eigenvalue weighted by atomic mass is 10.0. The Morgan fingerprint density at radius 1 is 1.14 bits per heavy atom. The van der Waals surface area contributed by atoms with E-state index in [-0.39, 0.29) is 12.5 Å². The Bertz CT molecular complexity index is 1560. The maximum Gasteiger partial charge on any atom is 0.261 e. The summed E-state index contributed by atoms with van der Waals surface area (Å²) in [5.74, 6) is 1.41. The molecule has 178 valence electrons. The summed E-state index contributed by atoms with van der Waals surface area (Å²) in [4.78, 5) is 33.2. The molecule has 9 nitrogen and oxygen atoms in total. The number of fused-ring (bicyclic) bond motifs is 3. The van der Waals surface area contributed by atoms with Crippen LogP contribution in [0.3, 0.4) is 0 Å². The van der Waals surface area contributed by atoms with Crippen LogP contribution >= 0.6 is 0 Å². The number of benzene rings is 1. The molecule has 1 aliphatic heterocycles. The lowest BCUT2D eigenvalue weighted by Gasteiger charge is -2.24. The largest absolute Gasteiger partial charge is 0.383 e. The van der Waals surface area contributed by atoms with Gasteiger partial charge >= 0.3 is 0 Å². The Morgan fingerprint density at radius 3 is 2.64 bits per heavy atom. The molecule has 36 heavy (non-hydrogen) atoms. The number of amides is 1. The van der Waals surface area contributed by atoms with E-state index in [1.54, 1.807) is 36.4 Å². The summed E-state index contributed by atoms with van der Waals surface area (Å²) in [6, 6.07) is 11.3. The maximum absolute atomic E-state index is 13.7. The molecule has 3 aromatic heterocycles. The highest BCUT2D eigenvalue weighted by Gasteiger charge is 2.28. The molecular weight excluding hydrogens is 454 g/mol. The summed E-state index contributed by atoms with van der Waals surface area (Å²) in [7, 11) is 0. The molecule has 2 aliphatic rings. The predicted octanol–water partition coefficient (Wildman–Crippen LogP) is 3.94. The number of hydrogen-bond acceptors (Lipinski definition) is 8. The lowest BCUT2D eigenvalue weighted by molar-refractivity contribution is 0.0984. The van der Waals surface area contributed by atoms with E-state index in [0.29, 0.717) is 47.6 Å². The zero-order valence-electron chi connectivity index (χ0n) is 19.7. The Labute approximate surface area is 207 Å². The van der Waals surface area contributed by atoms with Gasteiger partial charge in [0.05, 0.1) is 42.2 Å². The van der Waals surface area contributed by atoms with Gasteiger partial charge in [0.1, 0.15) is 23.4 Å². The fourth-order valence-corrected chi connectivity index (χ4v) is 4.63. The first-order valence-corrected chi connectivity index (χ1v) is 11.8. The molecule has 0 spiro atoms. The van der Waals surface area contributed by atoms with Crippen LogP contribution < -0.4 is 10.6 Å². The van der Waals surface area contributed by atoms with Crippen LogP contribution in [0.1, 0.15) is 63.0 Å². The molecule has 0 atom stereocenters. The third-order valence-electron chi connectivity index (χ3n) is 6.70. The van der Waals surface area contributed by atoms with E-state index in [2.05, 4.69) is 19.9 Å². The number of ether oxygens (including phenoxy) is 1. The summed E-state index contributed by atoms with van der Waals surface area (Å²) < 4.78 is 5.58.